The third-order valence-electron chi connectivity index (χ3n) is 14.7. The number of aliphatic hydroxyl groups excluding tert-OH is 1. The number of likely N-dealkylation sites (tertiary alicyclic amines) is 1. The van der Waals surface area contributed by atoms with Gasteiger partial charge in [0.05, 0.1) is 32.0 Å². The van der Waals surface area contributed by atoms with Crippen molar-refractivity contribution in [3.63, 3.8) is 0 Å². The fourth-order valence-electron chi connectivity index (χ4n) is 9.66. The maximum atomic E-state index is 14.3. The molecule has 0 saturated carbocycles. The van der Waals surface area contributed by atoms with Gasteiger partial charge >= 0.3 is 11.9 Å². The Labute approximate surface area is 566 Å². The fraction of sp³-hybridized carbons (Fsp3) is 0.639. The number of benzene rings is 1. The Morgan fingerprint density at radius 1 is 0.588 bits per heavy atom. The number of carboxylic acids is 3. The first-order valence-electron chi connectivity index (χ1n) is 31.6. The predicted octanol–water partition coefficient (Wildman–Crippen LogP) is -4.95. The van der Waals surface area contributed by atoms with Crippen LogP contribution in [0, 0.1) is 17.8 Å². The molecule has 1 saturated heterocycles. The molecule has 1 fully saturated rings. The molecule has 11 atom stereocenters. The number of thioether (sulfide) groups is 1. The molecule has 0 bridgehead atoms. The predicted molar refractivity (Wildman–Crippen MR) is 351 cm³/mol. The van der Waals surface area contributed by atoms with Crippen molar-refractivity contribution in [1.29, 1.82) is 0 Å². The minimum Gasteiger partial charge on any atom is -0.481 e. The molecule has 1 aromatic rings. The zero-order chi connectivity index (χ0) is 73.8. The molecule has 544 valence electrons. The summed E-state index contributed by atoms with van der Waals surface area (Å²) in [6.45, 7) is 9.46. The molecule has 0 spiro atoms. The highest BCUT2D eigenvalue weighted by atomic mass is 32.2. The van der Waals surface area contributed by atoms with Gasteiger partial charge in [-0.25, -0.2) is 0 Å². The highest BCUT2D eigenvalue weighted by molar-refractivity contribution is 7.98. The zero-order valence-electron chi connectivity index (χ0n) is 56.0. The molecule has 1 aliphatic rings. The maximum absolute atomic E-state index is 14.3. The first kappa shape index (κ1) is 86.0. The first-order chi connectivity index (χ1) is 45.5. The van der Waals surface area contributed by atoms with Gasteiger partial charge in [0, 0.05) is 26.3 Å². The fourth-order valence-corrected chi connectivity index (χ4v) is 10.1. The highest BCUT2D eigenvalue weighted by Crippen LogP contribution is 2.22. The summed E-state index contributed by atoms with van der Waals surface area (Å²) >= 11 is 1.44. The number of carbonyl (C=O) groups excluding carboxylic acids is 13. The molecule has 22 N–H and O–H groups in total. The third kappa shape index (κ3) is 33.0. The highest BCUT2D eigenvalue weighted by Gasteiger charge is 2.41. The lowest BCUT2D eigenvalue weighted by atomic mass is 10.00. The van der Waals surface area contributed by atoms with E-state index in [1.807, 2.05) is 6.26 Å². The lowest BCUT2D eigenvalue weighted by Crippen LogP contribution is -2.61. The van der Waals surface area contributed by atoms with E-state index in [-0.39, 0.29) is 57.5 Å². The van der Waals surface area contributed by atoms with Gasteiger partial charge in [-0.1, -0.05) is 71.9 Å². The van der Waals surface area contributed by atoms with Gasteiger partial charge in [-0.3, -0.25) is 76.7 Å². The van der Waals surface area contributed by atoms with Crippen LogP contribution in [-0.4, -0.2) is 225 Å². The summed E-state index contributed by atoms with van der Waals surface area (Å²) in [4.78, 5) is 209. The SMILES string of the molecule is CC(=O)O.CSCCC(NC(=O)C(CC(C)C)NC(=O)CNC(=O)C(NC(=O)C(Cc1ccccc1)NC(=O)C(CCC(N)=O)NC(=O)C(CC(=O)O)NC(=O)C(CO)NC(=O)C(CCCCN)NC(=O)C1CCCN1C(=O)C(NC(=O)C(N)CC(=O)O)C(C)C)C(C)C)C(N)=O. The number of primary amides is 2. The van der Waals surface area contributed by atoms with E-state index in [0.717, 1.165) is 6.92 Å². The van der Waals surface area contributed by atoms with Gasteiger partial charge in [-0.05, 0) is 93.2 Å². The van der Waals surface area contributed by atoms with Crippen LogP contribution in [0.5, 0.6) is 0 Å². The van der Waals surface area contributed by atoms with Crippen LogP contribution >= 0.6 is 11.8 Å². The molecular weight excluding hydrogens is 1290 g/mol. The van der Waals surface area contributed by atoms with Crippen molar-refractivity contribution < 1.29 is 97.1 Å². The lowest BCUT2D eigenvalue weighted by molar-refractivity contribution is -0.144. The number of carboxylic acid groups (broad SMARTS) is 3. The van der Waals surface area contributed by atoms with Gasteiger partial charge in [0.15, 0.2) is 0 Å². The van der Waals surface area contributed by atoms with E-state index < -0.39 is 212 Å². The summed E-state index contributed by atoms with van der Waals surface area (Å²) in [7, 11) is 0. The molecule has 2 rings (SSSR count). The standard InChI is InChI=1S/C59H95N15O18S.C2H4O2/c1-30(2)24-38(53(86)66-35(49(63)82)20-23-93-7)65-44(77)28-64-58(91)47(31(3)4)72-55(88)39(25-33-14-9-8-10-15-33)69-52(85)37(18-19-43(62)76)67-54(87)40(27-46(80)81)70-56(89)41(29-75)71-51(84)36(16-11-12-21-60)68-57(90)42-17-13-22-74(42)59(92)48(32(5)6)73-50(83)34(61)26-45(78)79;1-2(3)4/h8-10,14-15,30-32,34-42,47-48,75H,11-13,16-29,60-61H2,1-7H3,(H2,62,76)(H2,63,82)(H,64,91)(H,65,77)(H,66,86)(H,67,87)(H,68,90)(H,69,85)(H,70,89)(H,71,84)(H,72,88)(H,73,83)(H,78,79)(H,80,81);1H3,(H,3,4). The number of hydrogen-bond donors (Lipinski definition) is 18. The van der Waals surface area contributed by atoms with Crippen LogP contribution in [0.4, 0.5) is 0 Å². The smallest absolute Gasteiger partial charge is 0.305 e. The number of hydrogen-bond acceptors (Lipinski definition) is 20. The molecule has 36 heteroatoms. The van der Waals surface area contributed by atoms with Gasteiger partial charge in [0.2, 0.25) is 76.8 Å². The van der Waals surface area contributed by atoms with E-state index in [4.69, 9.17) is 37.9 Å². The van der Waals surface area contributed by atoms with Crippen LogP contribution in [0.3, 0.4) is 0 Å². The molecule has 97 heavy (non-hydrogen) atoms. The summed E-state index contributed by atoms with van der Waals surface area (Å²) in [6, 6.07) is -8.00. The average Bonchev–Trinajstić information content (AvgIpc) is 1.75. The number of nitrogens with two attached hydrogens (primary N) is 4. The largest absolute Gasteiger partial charge is 0.481 e. The number of aliphatic carboxylic acids is 3. The molecule has 0 aromatic heterocycles. The van der Waals surface area contributed by atoms with Crippen molar-refractivity contribution >= 4 is 106 Å². The number of rotatable bonds is 43. The minimum absolute atomic E-state index is 0.0579. The number of unbranched alkanes of at least 4 members (excludes halogenated alkanes) is 1. The van der Waals surface area contributed by atoms with E-state index in [9.17, 15) is 82.1 Å². The molecule has 1 aliphatic heterocycles. The Morgan fingerprint density at radius 2 is 1.09 bits per heavy atom. The number of amides is 13. The van der Waals surface area contributed by atoms with Crippen LogP contribution in [0.2, 0.25) is 0 Å². The lowest BCUT2D eigenvalue weighted by Gasteiger charge is -2.32. The summed E-state index contributed by atoms with van der Waals surface area (Å²) in [6.07, 6.45) is -0.0898. The van der Waals surface area contributed by atoms with Crippen LogP contribution < -0.4 is 76.1 Å². The number of aliphatic hydroxyl groups is 1. The Hall–Kier alpha value is -9.03. The van der Waals surface area contributed by atoms with Gasteiger partial charge in [-0.2, -0.15) is 11.8 Å². The van der Waals surface area contributed by atoms with Crippen molar-refractivity contribution in [3.8, 4) is 0 Å². The second-order valence-electron chi connectivity index (χ2n) is 24.2. The molecule has 35 nitrogen and oxygen atoms in total. The second kappa shape index (κ2) is 44.7. The van der Waals surface area contributed by atoms with Crippen molar-refractivity contribution in [2.75, 3.05) is 38.2 Å². The van der Waals surface area contributed by atoms with Crippen molar-refractivity contribution in [2.24, 2.45) is 40.7 Å². The van der Waals surface area contributed by atoms with Gasteiger partial charge < -0.3 is 101 Å². The summed E-state index contributed by atoms with van der Waals surface area (Å²) < 4.78 is 0. The minimum atomic E-state index is -2.07. The van der Waals surface area contributed by atoms with E-state index in [0.29, 0.717) is 24.2 Å². The van der Waals surface area contributed by atoms with Crippen LogP contribution in [0.25, 0.3) is 0 Å². The Morgan fingerprint density at radius 3 is 1.62 bits per heavy atom. The van der Waals surface area contributed by atoms with Crippen LogP contribution in [0.15, 0.2) is 30.3 Å². The van der Waals surface area contributed by atoms with Gasteiger partial charge in [0.1, 0.15) is 60.4 Å². The Kier molecular flexibility index (Phi) is 39.6. The van der Waals surface area contributed by atoms with Crippen LogP contribution in [-0.2, 0) is 83.1 Å². The van der Waals surface area contributed by atoms with E-state index in [2.05, 4.69) is 53.2 Å². The van der Waals surface area contributed by atoms with Crippen molar-refractivity contribution in [2.45, 2.75) is 192 Å². The van der Waals surface area contributed by atoms with Gasteiger partial charge in [0.25, 0.3) is 5.97 Å². The quantitative estimate of drug-likeness (QED) is 0.0272. The summed E-state index contributed by atoms with van der Waals surface area (Å²) in [5.74, 6) is -16.9. The Bertz CT molecular complexity index is 2870. The maximum Gasteiger partial charge on any atom is 0.305 e. The third-order valence-corrected chi connectivity index (χ3v) is 15.4. The normalized spacial score (nSPS) is 15.6. The molecular formula is C61H99N15O20S. The van der Waals surface area contributed by atoms with E-state index in [1.54, 1.807) is 71.9 Å². The van der Waals surface area contributed by atoms with E-state index >= 15 is 0 Å². The summed E-state index contributed by atoms with van der Waals surface area (Å²) in [5.41, 5.74) is 22.8. The molecule has 0 aliphatic carbocycles. The topological polar surface area (TPSA) is 582 Å². The molecule has 1 aromatic carbocycles. The molecule has 13 amide bonds. The summed E-state index contributed by atoms with van der Waals surface area (Å²) in [5, 5.41) is 61.3. The van der Waals surface area contributed by atoms with E-state index in [1.165, 1.54) is 16.7 Å². The van der Waals surface area contributed by atoms with Crippen LogP contribution in [0.1, 0.15) is 125 Å². The van der Waals surface area contributed by atoms with Crippen molar-refractivity contribution in [1.82, 2.24) is 58.1 Å². The molecule has 1 heterocycles. The number of carbonyl (C=O) groups is 16. The van der Waals surface area contributed by atoms with Gasteiger partial charge in [-0.15, -0.1) is 0 Å². The number of nitrogens with zero attached hydrogens (tertiary/aromatic N) is 1. The molecule has 0 radical (unpaired) electrons. The monoisotopic (exact) mass is 1390 g/mol. The zero-order valence-corrected chi connectivity index (χ0v) is 56.8. The number of nitrogens with one attached hydrogen (secondary N) is 10. The first-order valence-corrected chi connectivity index (χ1v) is 33.0. The Balaban J connectivity index is 0.0000114. The van der Waals surface area contributed by atoms with Crippen molar-refractivity contribution in [3.05, 3.63) is 35.9 Å². The second-order valence-corrected chi connectivity index (χ2v) is 25.1. The molecule has 11 unspecified atom stereocenters. The average molecular weight is 1390 g/mol.